The molecule has 2 unspecified atom stereocenters. The predicted octanol–water partition coefficient (Wildman–Crippen LogP) is 2.36. The summed E-state index contributed by atoms with van der Waals surface area (Å²) in [6.07, 6.45) is -0.486. The maximum Gasteiger partial charge on any atom is 0.129 e. The van der Waals surface area contributed by atoms with Crippen LogP contribution in [0, 0.1) is 5.82 Å². The van der Waals surface area contributed by atoms with Crippen molar-refractivity contribution in [1.29, 1.82) is 0 Å². The molecule has 0 aliphatic carbocycles. The summed E-state index contributed by atoms with van der Waals surface area (Å²) in [5.41, 5.74) is 5.81. The molecule has 0 aliphatic heterocycles. The average molecular weight is 262 g/mol. The second-order valence-corrected chi connectivity index (χ2v) is 4.31. The van der Waals surface area contributed by atoms with Crippen molar-refractivity contribution in [1.82, 2.24) is 0 Å². The summed E-state index contributed by atoms with van der Waals surface area (Å²) >= 11 is 3.22. The van der Waals surface area contributed by atoms with Crippen LogP contribution in [0.5, 0.6) is 0 Å². The number of nitrogens with two attached hydrogens (primary N) is 1. The number of aliphatic hydroxyl groups excluding tert-OH is 1. The van der Waals surface area contributed by atoms with E-state index in [1.807, 2.05) is 0 Å². The topological polar surface area (TPSA) is 46.2 Å². The summed E-state index contributed by atoms with van der Waals surface area (Å²) in [6, 6.07) is 4.34. The fourth-order valence-electron chi connectivity index (χ4n) is 1.25. The van der Waals surface area contributed by atoms with Gasteiger partial charge in [-0.2, -0.15) is 0 Å². The van der Waals surface area contributed by atoms with Crippen LogP contribution in [0.4, 0.5) is 4.39 Å². The molecule has 1 rings (SSSR count). The number of rotatable bonds is 3. The van der Waals surface area contributed by atoms with Gasteiger partial charge in [-0.15, -0.1) is 0 Å². The van der Waals surface area contributed by atoms with Gasteiger partial charge in [-0.1, -0.05) is 15.9 Å². The third kappa shape index (κ3) is 3.04. The van der Waals surface area contributed by atoms with Crippen LogP contribution in [0.25, 0.3) is 0 Å². The summed E-state index contributed by atoms with van der Waals surface area (Å²) in [7, 11) is 0. The van der Waals surface area contributed by atoms with Crippen molar-refractivity contribution < 1.29 is 9.50 Å². The molecule has 14 heavy (non-hydrogen) atoms. The monoisotopic (exact) mass is 261 g/mol. The van der Waals surface area contributed by atoms with E-state index in [9.17, 15) is 9.50 Å². The Hall–Kier alpha value is -0.450. The molecule has 0 fully saturated rings. The molecule has 2 atom stereocenters. The fraction of sp³-hybridized carbons (Fsp3) is 0.400. The van der Waals surface area contributed by atoms with E-state index >= 15 is 0 Å². The Morgan fingerprint density at radius 3 is 2.79 bits per heavy atom. The molecule has 1 aromatic carbocycles. The summed E-state index contributed by atoms with van der Waals surface area (Å²) in [4.78, 5) is 0. The molecule has 0 radical (unpaired) electrons. The first-order valence-corrected chi connectivity index (χ1v) is 5.18. The van der Waals surface area contributed by atoms with Gasteiger partial charge in [0.05, 0.1) is 6.10 Å². The molecule has 78 valence electrons. The first-order chi connectivity index (χ1) is 6.50. The van der Waals surface area contributed by atoms with Crippen molar-refractivity contribution in [3.63, 3.8) is 0 Å². The molecule has 0 aromatic heterocycles. The molecule has 3 N–H and O–H groups in total. The van der Waals surface area contributed by atoms with Crippen LogP contribution in [-0.2, 0) is 0 Å². The molecule has 4 heteroatoms. The molecule has 0 saturated carbocycles. The third-order valence-corrected chi connectivity index (χ3v) is 2.41. The van der Waals surface area contributed by atoms with E-state index in [1.54, 1.807) is 19.1 Å². The molecule has 0 spiro atoms. The first kappa shape index (κ1) is 11.6. The summed E-state index contributed by atoms with van der Waals surface area (Å²) in [5, 5.41) is 9.66. The van der Waals surface area contributed by atoms with Crippen LogP contribution in [-0.4, -0.2) is 11.1 Å². The lowest BCUT2D eigenvalue weighted by atomic mass is 10.0. The van der Waals surface area contributed by atoms with Crippen molar-refractivity contribution in [3.05, 3.63) is 34.1 Å². The summed E-state index contributed by atoms with van der Waals surface area (Å²) in [5.74, 6) is -0.402. The summed E-state index contributed by atoms with van der Waals surface area (Å²) in [6.45, 7) is 1.78. The van der Waals surface area contributed by atoms with Crippen molar-refractivity contribution in [2.45, 2.75) is 25.5 Å². The van der Waals surface area contributed by atoms with Crippen LogP contribution in [0.3, 0.4) is 0 Å². The molecule has 0 aliphatic rings. The van der Waals surface area contributed by atoms with Crippen molar-refractivity contribution in [3.8, 4) is 0 Å². The van der Waals surface area contributed by atoms with E-state index in [4.69, 9.17) is 5.73 Å². The van der Waals surface area contributed by atoms with Crippen LogP contribution in [0.15, 0.2) is 22.7 Å². The lowest BCUT2D eigenvalue weighted by Gasteiger charge is -2.14. The van der Waals surface area contributed by atoms with Gasteiger partial charge in [0, 0.05) is 16.1 Å². The molecule has 1 aromatic rings. The minimum Gasteiger partial charge on any atom is -0.388 e. The number of aliphatic hydroxyl groups is 1. The highest BCUT2D eigenvalue weighted by atomic mass is 79.9. The number of benzene rings is 1. The van der Waals surface area contributed by atoms with E-state index in [2.05, 4.69) is 15.9 Å². The standard InChI is InChI=1S/C10H13BrFNO/c1-6(13)4-10(14)8-5-7(11)2-3-9(8)12/h2-3,5-6,10,14H,4,13H2,1H3. The number of halogens is 2. The Morgan fingerprint density at radius 1 is 1.57 bits per heavy atom. The lowest BCUT2D eigenvalue weighted by molar-refractivity contribution is 0.155. The fourth-order valence-corrected chi connectivity index (χ4v) is 1.63. The van der Waals surface area contributed by atoms with E-state index in [0.717, 1.165) is 4.47 Å². The third-order valence-electron chi connectivity index (χ3n) is 1.91. The second-order valence-electron chi connectivity index (χ2n) is 3.39. The Labute approximate surface area is 91.1 Å². The van der Waals surface area contributed by atoms with E-state index < -0.39 is 11.9 Å². The zero-order chi connectivity index (χ0) is 10.7. The molecule has 0 heterocycles. The lowest BCUT2D eigenvalue weighted by Crippen LogP contribution is -2.19. The highest BCUT2D eigenvalue weighted by molar-refractivity contribution is 9.10. The van der Waals surface area contributed by atoms with Crippen LogP contribution < -0.4 is 5.73 Å². The molecule has 0 amide bonds. The minimum absolute atomic E-state index is 0.150. The van der Waals surface area contributed by atoms with Gasteiger partial charge in [0.1, 0.15) is 5.82 Å². The zero-order valence-electron chi connectivity index (χ0n) is 7.87. The van der Waals surface area contributed by atoms with Crippen molar-refractivity contribution in [2.24, 2.45) is 5.73 Å². The van der Waals surface area contributed by atoms with Crippen molar-refractivity contribution in [2.75, 3.05) is 0 Å². The normalized spacial score (nSPS) is 15.2. The molecule has 2 nitrogen and oxygen atoms in total. The first-order valence-electron chi connectivity index (χ1n) is 4.39. The highest BCUT2D eigenvalue weighted by Crippen LogP contribution is 2.24. The average Bonchev–Trinajstić information content (AvgIpc) is 2.08. The quantitative estimate of drug-likeness (QED) is 0.878. The van der Waals surface area contributed by atoms with E-state index in [1.165, 1.54) is 6.07 Å². The van der Waals surface area contributed by atoms with Gasteiger partial charge in [0.15, 0.2) is 0 Å². The number of hydrogen-bond acceptors (Lipinski definition) is 2. The minimum atomic E-state index is -0.840. The maximum absolute atomic E-state index is 13.2. The Kier molecular flexibility index (Phi) is 4.04. The number of hydrogen-bond donors (Lipinski definition) is 2. The van der Waals surface area contributed by atoms with Gasteiger partial charge in [-0.05, 0) is 31.5 Å². The predicted molar refractivity (Wildman–Crippen MR) is 57.3 cm³/mol. The van der Waals surface area contributed by atoms with Crippen LogP contribution >= 0.6 is 15.9 Å². The molecule has 0 bridgehead atoms. The van der Waals surface area contributed by atoms with Gasteiger partial charge in [-0.3, -0.25) is 0 Å². The Bertz CT molecular complexity index is 317. The molecular formula is C10H13BrFNO. The van der Waals surface area contributed by atoms with E-state index in [0.29, 0.717) is 6.42 Å². The zero-order valence-corrected chi connectivity index (χ0v) is 9.46. The van der Waals surface area contributed by atoms with Gasteiger partial charge in [0.25, 0.3) is 0 Å². The van der Waals surface area contributed by atoms with E-state index in [-0.39, 0.29) is 11.6 Å². The van der Waals surface area contributed by atoms with Gasteiger partial charge < -0.3 is 10.8 Å². The Balaban J connectivity index is 2.88. The second kappa shape index (κ2) is 4.87. The van der Waals surface area contributed by atoms with Gasteiger partial charge in [-0.25, -0.2) is 4.39 Å². The van der Waals surface area contributed by atoms with Crippen LogP contribution in [0.2, 0.25) is 0 Å². The molecule has 0 saturated heterocycles. The SMILES string of the molecule is CC(N)CC(O)c1cc(Br)ccc1F. The van der Waals surface area contributed by atoms with Gasteiger partial charge >= 0.3 is 0 Å². The van der Waals surface area contributed by atoms with Crippen molar-refractivity contribution >= 4 is 15.9 Å². The Morgan fingerprint density at radius 2 is 2.21 bits per heavy atom. The smallest absolute Gasteiger partial charge is 0.129 e. The van der Waals surface area contributed by atoms with Crippen LogP contribution in [0.1, 0.15) is 25.0 Å². The van der Waals surface area contributed by atoms with Gasteiger partial charge in [0.2, 0.25) is 0 Å². The largest absolute Gasteiger partial charge is 0.388 e. The molecular weight excluding hydrogens is 249 g/mol. The highest BCUT2D eigenvalue weighted by Gasteiger charge is 2.14. The maximum atomic E-state index is 13.2. The summed E-state index contributed by atoms with van der Waals surface area (Å²) < 4.78 is 14.0.